The van der Waals surface area contributed by atoms with Crippen molar-refractivity contribution in [2.24, 2.45) is 0 Å². The lowest BCUT2D eigenvalue weighted by atomic mass is 10.2. The van der Waals surface area contributed by atoms with Gasteiger partial charge in [-0.3, -0.25) is 0 Å². The third kappa shape index (κ3) is 3.84. The fourth-order valence-electron chi connectivity index (χ4n) is 3.28. The molecule has 0 saturated carbocycles. The van der Waals surface area contributed by atoms with Crippen molar-refractivity contribution in [2.75, 3.05) is 28.9 Å². The van der Waals surface area contributed by atoms with Crippen molar-refractivity contribution >= 4 is 29.3 Å². The van der Waals surface area contributed by atoms with Gasteiger partial charge >= 0.3 is 5.97 Å². The van der Waals surface area contributed by atoms with Crippen LogP contribution in [0.4, 0.5) is 11.4 Å². The highest BCUT2D eigenvalue weighted by atomic mass is 32.2. The van der Waals surface area contributed by atoms with Crippen LogP contribution in [0.5, 0.6) is 0 Å². The summed E-state index contributed by atoms with van der Waals surface area (Å²) in [4.78, 5) is 23.2. The Morgan fingerprint density at radius 2 is 1.93 bits per heavy atom. The predicted octanol–water partition coefficient (Wildman–Crippen LogP) is 4.12. The molecule has 1 aromatic heterocycles. The van der Waals surface area contributed by atoms with Crippen LogP contribution in [0, 0.1) is 0 Å². The number of aromatic nitrogens is 2. The van der Waals surface area contributed by atoms with E-state index in [1.807, 2.05) is 43.5 Å². The number of anilines is 2. The van der Waals surface area contributed by atoms with Crippen LogP contribution >= 0.6 is 11.9 Å². The second kappa shape index (κ2) is 8.39. The van der Waals surface area contributed by atoms with Crippen LogP contribution in [0.2, 0.25) is 0 Å². The summed E-state index contributed by atoms with van der Waals surface area (Å²) in [5, 5.41) is 0. The largest absolute Gasteiger partial charge is 0.462 e. The Kier molecular flexibility index (Phi) is 5.53. The van der Waals surface area contributed by atoms with Crippen molar-refractivity contribution in [1.29, 1.82) is 0 Å². The summed E-state index contributed by atoms with van der Waals surface area (Å²) in [7, 11) is 0. The van der Waals surface area contributed by atoms with Gasteiger partial charge in [0.2, 0.25) is 0 Å². The molecule has 1 N–H and O–H groups in total. The van der Waals surface area contributed by atoms with Gasteiger partial charge in [0, 0.05) is 19.3 Å². The SMILES string of the molecule is CCOC(=O)c1ccccc1N1CCN(Cc2cnc[nH]2)c2ccccc2S1. The number of para-hydroxylation sites is 2. The van der Waals surface area contributed by atoms with Crippen molar-refractivity contribution in [3.8, 4) is 0 Å². The molecule has 1 aliphatic heterocycles. The first-order chi connectivity index (χ1) is 13.8. The quantitative estimate of drug-likeness (QED) is 0.519. The zero-order valence-electron chi connectivity index (χ0n) is 15.7. The van der Waals surface area contributed by atoms with E-state index in [-0.39, 0.29) is 5.97 Å². The molecule has 0 unspecified atom stereocenters. The van der Waals surface area contributed by atoms with Gasteiger partial charge < -0.3 is 18.9 Å². The lowest BCUT2D eigenvalue weighted by Gasteiger charge is -2.25. The molecular weight excluding hydrogens is 372 g/mol. The van der Waals surface area contributed by atoms with Crippen LogP contribution in [-0.2, 0) is 11.3 Å². The number of carbonyl (C=O) groups is 1. The lowest BCUT2D eigenvalue weighted by Crippen LogP contribution is -2.30. The molecule has 0 saturated heterocycles. The number of fused-ring (bicyclic) bond motifs is 1. The van der Waals surface area contributed by atoms with Gasteiger partial charge in [-0.25, -0.2) is 9.78 Å². The summed E-state index contributed by atoms with van der Waals surface area (Å²) in [6.45, 7) is 4.53. The highest BCUT2D eigenvalue weighted by molar-refractivity contribution is 8.00. The second-order valence-electron chi connectivity index (χ2n) is 6.40. The van der Waals surface area contributed by atoms with E-state index < -0.39 is 0 Å². The maximum Gasteiger partial charge on any atom is 0.340 e. The number of hydrogen-bond donors (Lipinski definition) is 1. The van der Waals surface area contributed by atoms with Crippen LogP contribution < -0.4 is 9.21 Å². The minimum atomic E-state index is -0.287. The number of imidazole rings is 1. The molecule has 6 nitrogen and oxygen atoms in total. The number of aromatic amines is 1. The fourth-order valence-corrected chi connectivity index (χ4v) is 4.37. The zero-order chi connectivity index (χ0) is 19.3. The number of nitrogens with zero attached hydrogens (tertiary/aromatic N) is 3. The lowest BCUT2D eigenvalue weighted by molar-refractivity contribution is 0.0527. The molecule has 1 aliphatic rings. The molecule has 144 valence electrons. The molecule has 0 bridgehead atoms. The Labute approximate surface area is 168 Å². The Bertz CT molecular complexity index is 945. The van der Waals surface area contributed by atoms with E-state index in [9.17, 15) is 4.79 Å². The van der Waals surface area contributed by atoms with Gasteiger partial charge in [-0.15, -0.1) is 0 Å². The van der Waals surface area contributed by atoms with E-state index >= 15 is 0 Å². The first-order valence-electron chi connectivity index (χ1n) is 9.29. The molecule has 0 fully saturated rings. The van der Waals surface area contributed by atoms with Gasteiger partial charge in [-0.2, -0.15) is 0 Å². The Morgan fingerprint density at radius 3 is 2.71 bits per heavy atom. The number of nitrogens with one attached hydrogen (secondary N) is 1. The minimum absolute atomic E-state index is 0.287. The van der Waals surface area contributed by atoms with Crippen LogP contribution in [0.15, 0.2) is 66.0 Å². The molecule has 0 radical (unpaired) electrons. The average molecular weight is 394 g/mol. The predicted molar refractivity (Wildman–Crippen MR) is 112 cm³/mol. The monoisotopic (exact) mass is 394 g/mol. The first-order valence-corrected chi connectivity index (χ1v) is 10.1. The third-order valence-corrected chi connectivity index (χ3v) is 5.71. The van der Waals surface area contributed by atoms with E-state index in [4.69, 9.17) is 4.74 Å². The van der Waals surface area contributed by atoms with E-state index in [0.29, 0.717) is 12.2 Å². The number of hydrogen-bond acceptors (Lipinski definition) is 6. The summed E-state index contributed by atoms with van der Waals surface area (Å²) >= 11 is 1.66. The van der Waals surface area contributed by atoms with Crippen LogP contribution in [0.25, 0.3) is 0 Å². The van der Waals surface area contributed by atoms with E-state index in [2.05, 4.69) is 37.4 Å². The van der Waals surface area contributed by atoms with Gasteiger partial charge in [-0.05, 0) is 43.1 Å². The van der Waals surface area contributed by atoms with Gasteiger partial charge in [0.15, 0.2) is 0 Å². The second-order valence-corrected chi connectivity index (χ2v) is 7.46. The molecule has 3 aromatic rings. The summed E-state index contributed by atoms with van der Waals surface area (Å²) in [5.41, 5.74) is 3.72. The topological polar surface area (TPSA) is 61.5 Å². The molecule has 28 heavy (non-hydrogen) atoms. The molecule has 0 amide bonds. The molecule has 4 rings (SSSR count). The fraction of sp³-hybridized carbons (Fsp3) is 0.238. The van der Waals surface area contributed by atoms with Crippen molar-refractivity contribution in [3.05, 3.63) is 72.3 Å². The van der Waals surface area contributed by atoms with Gasteiger partial charge in [0.1, 0.15) is 0 Å². The standard InChI is InChI=1S/C21H22N4O2S/c1-2-27-21(26)17-7-3-4-8-18(17)25-12-11-24(14-16-13-22-15-23-16)19-9-5-6-10-20(19)28-25/h3-10,13,15H,2,11-12,14H2,1H3,(H,22,23). The normalized spacial score (nSPS) is 13.8. The summed E-state index contributed by atoms with van der Waals surface area (Å²) in [5.74, 6) is -0.287. The summed E-state index contributed by atoms with van der Waals surface area (Å²) < 4.78 is 7.43. The van der Waals surface area contributed by atoms with E-state index in [1.165, 1.54) is 5.69 Å². The maximum atomic E-state index is 12.4. The molecule has 0 spiro atoms. The number of H-pyrrole nitrogens is 1. The van der Waals surface area contributed by atoms with Gasteiger partial charge in [-0.1, -0.05) is 24.3 Å². The van der Waals surface area contributed by atoms with Crippen LogP contribution in [-0.4, -0.2) is 35.6 Å². The number of ether oxygens (including phenoxy) is 1. The minimum Gasteiger partial charge on any atom is -0.462 e. The highest BCUT2D eigenvalue weighted by Crippen LogP contribution is 2.39. The Hall–Kier alpha value is -2.93. The number of carbonyl (C=O) groups excluding carboxylic acids is 1. The molecule has 2 heterocycles. The smallest absolute Gasteiger partial charge is 0.340 e. The highest BCUT2D eigenvalue weighted by Gasteiger charge is 2.24. The molecule has 0 aliphatic carbocycles. The van der Waals surface area contributed by atoms with Gasteiger partial charge in [0.25, 0.3) is 0 Å². The molecular formula is C21H22N4O2S. The van der Waals surface area contributed by atoms with Crippen LogP contribution in [0.3, 0.4) is 0 Å². The summed E-state index contributed by atoms with van der Waals surface area (Å²) in [6.07, 6.45) is 3.56. The van der Waals surface area contributed by atoms with E-state index in [1.54, 1.807) is 18.3 Å². The summed E-state index contributed by atoms with van der Waals surface area (Å²) in [6, 6.07) is 16.0. The van der Waals surface area contributed by atoms with Crippen LogP contribution in [0.1, 0.15) is 23.0 Å². The van der Waals surface area contributed by atoms with Crippen molar-refractivity contribution in [2.45, 2.75) is 18.4 Å². The Morgan fingerprint density at radius 1 is 1.14 bits per heavy atom. The first kappa shape index (κ1) is 18.4. The van der Waals surface area contributed by atoms with Crippen molar-refractivity contribution < 1.29 is 9.53 Å². The Balaban J connectivity index is 1.65. The van der Waals surface area contributed by atoms with Crippen molar-refractivity contribution in [3.63, 3.8) is 0 Å². The number of benzene rings is 2. The van der Waals surface area contributed by atoms with E-state index in [0.717, 1.165) is 35.9 Å². The maximum absolute atomic E-state index is 12.4. The zero-order valence-corrected chi connectivity index (χ0v) is 16.5. The molecule has 0 atom stereocenters. The van der Waals surface area contributed by atoms with Gasteiger partial charge in [0.05, 0.1) is 47.0 Å². The van der Waals surface area contributed by atoms with Crippen molar-refractivity contribution in [1.82, 2.24) is 9.97 Å². The number of rotatable bonds is 5. The average Bonchev–Trinajstić information content (AvgIpc) is 3.17. The molecule has 7 heteroatoms. The molecule has 2 aromatic carbocycles. The third-order valence-electron chi connectivity index (χ3n) is 4.57. The number of esters is 1.